The zero-order valence-electron chi connectivity index (χ0n) is 10.5. The molecule has 0 bridgehead atoms. The highest BCUT2D eigenvalue weighted by Gasteiger charge is 2.30. The third kappa shape index (κ3) is 2.56. The quantitative estimate of drug-likeness (QED) is 0.866. The van der Waals surface area contributed by atoms with Crippen LogP contribution in [0.1, 0.15) is 23.3 Å². The van der Waals surface area contributed by atoms with Crippen LogP contribution in [0.5, 0.6) is 0 Å². The first kappa shape index (κ1) is 12.1. The maximum absolute atomic E-state index is 8.90. The molecule has 0 atom stereocenters. The number of nitrogen functional groups attached to an aromatic ring is 1. The molecule has 1 fully saturated rings. The molecule has 0 radical (unpaired) electrons. The Kier molecular flexibility index (Phi) is 3.14. The number of nitrogens with zero attached hydrogens (tertiary/aromatic N) is 2. The zero-order chi connectivity index (χ0) is 13.2. The van der Waals surface area contributed by atoms with E-state index in [2.05, 4.69) is 28.5 Å². The van der Waals surface area contributed by atoms with E-state index < -0.39 is 0 Å². The fourth-order valence-electron chi connectivity index (χ4n) is 2.25. The SMILES string of the molecule is N#Cc1ccc(N(Cc2cccs2)C2CC2)c(N)c1. The molecule has 1 saturated carbocycles. The smallest absolute Gasteiger partial charge is 0.0992 e. The van der Waals surface area contributed by atoms with Gasteiger partial charge in [-0.15, -0.1) is 11.3 Å². The molecular weight excluding hydrogens is 254 g/mol. The van der Waals surface area contributed by atoms with E-state index in [1.54, 1.807) is 17.4 Å². The maximum Gasteiger partial charge on any atom is 0.0992 e. The first-order valence-corrected chi connectivity index (χ1v) is 7.24. The van der Waals surface area contributed by atoms with Crippen LogP contribution in [0.3, 0.4) is 0 Å². The fourth-order valence-corrected chi connectivity index (χ4v) is 2.96. The van der Waals surface area contributed by atoms with Crippen molar-refractivity contribution in [3.05, 3.63) is 46.2 Å². The Morgan fingerprint density at radius 3 is 2.79 bits per heavy atom. The van der Waals surface area contributed by atoms with Gasteiger partial charge in [0.15, 0.2) is 0 Å². The third-order valence-electron chi connectivity index (χ3n) is 3.36. The van der Waals surface area contributed by atoms with E-state index in [1.807, 2.05) is 12.1 Å². The van der Waals surface area contributed by atoms with E-state index >= 15 is 0 Å². The zero-order valence-corrected chi connectivity index (χ0v) is 11.4. The normalized spacial score (nSPS) is 14.1. The molecule has 0 unspecified atom stereocenters. The Morgan fingerprint density at radius 2 is 2.21 bits per heavy atom. The molecule has 19 heavy (non-hydrogen) atoms. The number of anilines is 2. The van der Waals surface area contributed by atoms with E-state index in [9.17, 15) is 0 Å². The topological polar surface area (TPSA) is 53.0 Å². The van der Waals surface area contributed by atoms with Crippen LogP contribution in [0.15, 0.2) is 35.7 Å². The van der Waals surface area contributed by atoms with Gasteiger partial charge in [0.25, 0.3) is 0 Å². The van der Waals surface area contributed by atoms with Crippen LogP contribution >= 0.6 is 11.3 Å². The second-order valence-corrected chi connectivity index (χ2v) is 5.86. The molecule has 2 aromatic rings. The van der Waals surface area contributed by atoms with Crippen LogP contribution in [-0.4, -0.2) is 6.04 Å². The number of nitrogens with two attached hydrogens (primary N) is 1. The summed E-state index contributed by atoms with van der Waals surface area (Å²) in [6.07, 6.45) is 2.45. The fraction of sp³-hybridized carbons (Fsp3) is 0.267. The van der Waals surface area contributed by atoms with Gasteiger partial charge in [-0.3, -0.25) is 0 Å². The van der Waals surface area contributed by atoms with Crippen molar-refractivity contribution in [2.45, 2.75) is 25.4 Å². The monoisotopic (exact) mass is 269 g/mol. The molecule has 3 rings (SSSR count). The number of thiophene rings is 1. The van der Waals surface area contributed by atoms with Gasteiger partial charge in [0.2, 0.25) is 0 Å². The Labute approximate surface area is 116 Å². The minimum absolute atomic E-state index is 0.595. The molecule has 1 aromatic heterocycles. The summed E-state index contributed by atoms with van der Waals surface area (Å²) < 4.78 is 0. The summed E-state index contributed by atoms with van der Waals surface area (Å²) >= 11 is 1.77. The van der Waals surface area contributed by atoms with Gasteiger partial charge in [0.05, 0.1) is 29.6 Å². The second-order valence-electron chi connectivity index (χ2n) is 4.82. The van der Waals surface area contributed by atoms with Gasteiger partial charge in [0.1, 0.15) is 0 Å². The maximum atomic E-state index is 8.90. The lowest BCUT2D eigenvalue weighted by Crippen LogP contribution is -2.25. The number of rotatable bonds is 4. The minimum atomic E-state index is 0.595. The number of nitriles is 1. The van der Waals surface area contributed by atoms with Gasteiger partial charge in [-0.1, -0.05) is 6.07 Å². The highest BCUT2D eigenvalue weighted by Crippen LogP contribution is 2.36. The van der Waals surface area contributed by atoms with Crippen molar-refractivity contribution < 1.29 is 0 Å². The molecule has 3 nitrogen and oxygen atoms in total. The Morgan fingerprint density at radius 1 is 1.37 bits per heavy atom. The van der Waals surface area contributed by atoms with Crippen molar-refractivity contribution in [1.29, 1.82) is 5.26 Å². The average molecular weight is 269 g/mol. The van der Waals surface area contributed by atoms with Gasteiger partial charge in [-0.25, -0.2) is 0 Å². The predicted octanol–water partition coefficient (Wildman–Crippen LogP) is 3.37. The van der Waals surface area contributed by atoms with Gasteiger partial charge in [-0.05, 0) is 42.5 Å². The number of hydrogen-bond acceptors (Lipinski definition) is 4. The second kappa shape index (κ2) is 4.94. The van der Waals surface area contributed by atoms with Gasteiger partial charge < -0.3 is 10.6 Å². The lowest BCUT2D eigenvalue weighted by molar-refractivity contribution is 0.805. The number of hydrogen-bond donors (Lipinski definition) is 1. The third-order valence-corrected chi connectivity index (χ3v) is 4.22. The summed E-state index contributed by atoms with van der Waals surface area (Å²) in [7, 11) is 0. The lowest BCUT2D eigenvalue weighted by atomic mass is 10.1. The minimum Gasteiger partial charge on any atom is -0.397 e. The average Bonchev–Trinajstić information content (AvgIpc) is 3.14. The van der Waals surface area contributed by atoms with Crippen LogP contribution in [0.2, 0.25) is 0 Å². The van der Waals surface area contributed by atoms with Crippen molar-refractivity contribution in [3.8, 4) is 6.07 Å². The van der Waals surface area contributed by atoms with Gasteiger partial charge in [-0.2, -0.15) is 5.26 Å². The first-order chi connectivity index (χ1) is 9.28. The summed E-state index contributed by atoms with van der Waals surface area (Å²) in [5, 5.41) is 11.0. The highest BCUT2D eigenvalue weighted by atomic mass is 32.1. The molecular formula is C15H15N3S. The Balaban J connectivity index is 1.90. The van der Waals surface area contributed by atoms with Crippen LogP contribution in [0.4, 0.5) is 11.4 Å². The molecule has 1 aliphatic carbocycles. The molecule has 1 aliphatic rings. The van der Waals surface area contributed by atoms with Crippen molar-refractivity contribution in [1.82, 2.24) is 0 Å². The molecule has 0 aliphatic heterocycles. The molecule has 1 aromatic carbocycles. The van der Waals surface area contributed by atoms with Crippen molar-refractivity contribution in [2.75, 3.05) is 10.6 Å². The van der Waals surface area contributed by atoms with Crippen molar-refractivity contribution in [3.63, 3.8) is 0 Å². The van der Waals surface area contributed by atoms with Crippen molar-refractivity contribution in [2.24, 2.45) is 0 Å². The highest BCUT2D eigenvalue weighted by molar-refractivity contribution is 7.09. The first-order valence-electron chi connectivity index (χ1n) is 6.36. The van der Waals surface area contributed by atoms with E-state index in [0.717, 1.165) is 12.2 Å². The molecule has 0 saturated heterocycles. The summed E-state index contributed by atoms with van der Waals surface area (Å²) in [4.78, 5) is 3.71. The van der Waals surface area contributed by atoms with E-state index in [1.165, 1.54) is 17.7 Å². The summed E-state index contributed by atoms with van der Waals surface area (Å²) in [5.41, 5.74) is 8.47. The standard InChI is InChI=1S/C15H15N3S/c16-9-11-3-6-15(14(17)8-11)18(12-4-5-12)10-13-2-1-7-19-13/h1-3,6-8,12H,4-5,10,17H2. The van der Waals surface area contributed by atoms with E-state index in [4.69, 9.17) is 11.0 Å². The molecule has 96 valence electrons. The Hall–Kier alpha value is -1.99. The summed E-state index contributed by atoms with van der Waals surface area (Å²) in [6.45, 7) is 0.901. The lowest BCUT2D eigenvalue weighted by Gasteiger charge is -2.25. The predicted molar refractivity (Wildman–Crippen MR) is 79.1 cm³/mol. The van der Waals surface area contributed by atoms with Crippen LogP contribution in [-0.2, 0) is 6.54 Å². The van der Waals surface area contributed by atoms with Gasteiger partial charge in [0, 0.05) is 10.9 Å². The van der Waals surface area contributed by atoms with Crippen molar-refractivity contribution >= 4 is 22.7 Å². The van der Waals surface area contributed by atoms with Gasteiger partial charge >= 0.3 is 0 Å². The largest absolute Gasteiger partial charge is 0.397 e. The van der Waals surface area contributed by atoms with E-state index in [0.29, 0.717) is 17.3 Å². The molecule has 0 spiro atoms. The molecule has 4 heteroatoms. The molecule has 0 amide bonds. The number of benzene rings is 1. The van der Waals surface area contributed by atoms with Crippen LogP contribution < -0.4 is 10.6 Å². The van der Waals surface area contributed by atoms with Crippen LogP contribution in [0.25, 0.3) is 0 Å². The Bertz CT molecular complexity index is 609. The molecule has 1 heterocycles. The summed E-state index contributed by atoms with van der Waals surface area (Å²) in [6, 6.07) is 12.5. The summed E-state index contributed by atoms with van der Waals surface area (Å²) in [5.74, 6) is 0. The van der Waals surface area contributed by atoms with Crippen LogP contribution in [0, 0.1) is 11.3 Å². The molecule has 2 N–H and O–H groups in total. The van der Waals surface area contributed by atoms with E-state index in [-0.39, 0.29) is 0 Å².